The fourth-order valence-corrected chi connectivity index (χ4v) is 3.22. The molecule has 1 fully saturated rings. The molecule has 1 aromatic heterocycles. The van der Waals surface area contributed by atoms with Gasteiger partial charge in [-0.25, -0.2) is 9.48 Å². The van der Waals surface area contributed by atoms with Crippen molar-refractivity contribution in [3.05, 3.63) is 46.7 Å². The molecule has 0 radical (unpaired) electrons. The lowest BCUT2D eigenvalue weighted by Gasteiger charge is -2.30. The molecule has 1 atom stereocenters. The maximum absolute atomic E-state index is 12.3. The van der Waals surface area contributed by atoms with Gasteiger partial charge >= 0.3 is 5.97 Å². The second-order valence-electron chi connectivity index (χ2n) is 6.32. The Balaban J connectivity index is 1.60. The highest BCUT2D eigenvalue weighted by atomic mass is 79.9. The molecule has 25 heavy (non-hydrogen) atoms. The van der Waals surface area contributed by atoms with Gasteiger partial charge in [-0.2, -0.15) is 5.10 Å². The number of hydrogen-bond donors (Lipinski definition) is 0. The van der Waals surface area contributed by atoms with Crippen molar-refractivity contribution in [2.24, 2.45) is 5.92 Å². The van der Waals surface area contributed by atoms with Crippen LogP contribution in [0.1, 0.15) is 30.1 Å². The van der Waals surface area contributed by atoms with Crippen molar-refractivity contribution >= 4 is 27.8 Å². The van der Waals surface area contributed by atoms with Gasteiger partial charge in [-0.15, -0.1) is 0 Å². The number of halogens is 1. The standard InChI is InChI=1S/C18H20BrN3O3/c1-13-4-3-7-21(10-13)17(23)12-25-18(24)14-5-2-6-16(8-14)22-11-15(19)9-20-22/h2,5-6,8-9,11,13H,3-4,7,10,12H2,1H3. The zero-order chi connectivity index (χ0) is 17.8. The maximum atomic E-state index is 12.3. The number of piperidine rings is 1. The normalized spacial score (nSPS) is 17.4. The molecule has 1 unspecified atom stereocenters. The van der Waals surface area contributed by atoms with E-state index in [0.29, 0.717) is 11.5 Å². The Kier molecular flexibility index (Phi) is 5.53. The number of likely N-dealkylation sites (tertiary alicyclic amines) is 1. The molecule has 132 valence electrons. The molecule has 2 aromatic rings. The van der Waals surface area contributed by atoms with Crippen LogP contribution in [0.4, 0.5) is 0 Å². The van der Waals surface area contributed by atoms with Gasteiger partial charge in [0.15, 0.2) is 6.61 Å². The lowest BCUT2D eigenvalue weighted by atomic mass is 10.0. The fourth-order valence-electron chi connectivity index (χ4n) is 2.94. The minimum atomic E-state index is -0.508. The van der Waals surface area contributed by atoms with Gasteiger partial charge in [-0.3, -0.25) is 4.79 Å². The number of aromatic nitrogens is 2. The van der Waals surface area contributed by atoms with Crippen LogP contribution < -0.4 is 0 Å². The Labute approximate surface area is 154 Å². The zero-order valence-electron chi connectivity index (χ0n) is 14.0. The van der Waals surface area contributed by atoms with Gasteiger partial charge in [0.2, 0.25) is 0 Å². The monoisotopic (exact) mass is 405 g/mol. The molecule has 1 aliphatic heterocycles. The fraction of sp³-hybridized carbons (Fsp3) is 0.389. The van der Waals surface area contributed by atoms with Crippen molar-refractivity contribution in [3.8, 4) is 5.69 Å². The summed E-state index contributed by atoms with van der Waals surface area (Å²) >= 11 is 3.34. The highest BCUT2D eigenvalue weighted by molar-refractivity contribution is 9.10. The number of nitrogens with zero attached hydrogens (tertiary/aromatic N) is 3. The molecule has 0 N–H and O–H groups in total. The van der Waals surface area contributed by atoms with Gasteiger partial charge in [-0.1, -0.05) is 13.0 Å². The number of benzene rings is 1. The Morgan fingerprint density at radius 1 is 1.40 bits per heavy atom. The van der Waals surface area contributed by atoms with E-state index in [1.807, 2.05) is 6.07 Å². The van der Waals surface area contributed by atoms with E-state index in [9.17, 15) is 9.59 Å². The second-order valence-corrected chi connectivity index (χ2v) is 7.23. The third-order valence-corrected chi connectivity index (χ3v) is 4.64. The van der Waals surface area contributed by atoms with Gasteiger partial charge in [0.25, 0.3) is 5.91 Å². The van der Waals surface area contributed by atoms with Crippen molar-refractivity contribution in [1.29, 1.82) is 0 Å². The van der Waals surface area contributed by atoms with Crippen LogP contribution in [0.25, 0.3) is 5.69 Å². The third kappa shape index (κ3) is 4.48. The quantitative estimate of drug-likeness (QED) is 0.733. The summed E-state index contributed by atoms with van der Waals surface area (Å²) in [5, 5.41) is 4.19. The molecular formula is C18H20BrN3O3. The Hall–Kier alpha value is -2.15. The van der Waals surface area contributed by atoms with Crippen molar-refractivity contribution in [1.82, 2.24) is 14.7 Å². The highest BCUT2D eigenvalue weighted by Gasteiger charge is 2.22. The molecule has 1 aliphatic rings. The maximum Gasteiger partial charge on any atom is 0.338 e. The first-order valence-electron chi connectivity index (χ1n) is 8.28. The molecule has 0 saturated carbocycles. The lowest BCUT2D eigenvalue weighted by Crippen LogP contribution is -2.41. The van der Waals surface area contributed by atoms with E-state index in [1.165, 1.54) is 0 Å². The van der Waals surface area contributed by atoms with E-state index in [2.05, 4.69) is 28.0 Å². The van der Waals surface area contributed by atoms with Crippen LogP contribution in [0.5, 0.6) is 0 Å². The van der Waals surface area contributed by atoms with Crippen LogP contribution in [0.15, 0.2) is 41.1 Å². The molecule has 7 heteroatoms. The molecular weight excluding hydrogens is 386 g/mol. The lowest BCUT2D eigenvalue weighted by molar-refractivity contribution is -0.136. The highest BCUT2D eigenvalue weighted by Crippen LogP contribution is 2.16. The molecule has 2 heterocycles. The van der Waals surface area contributed by atoms with E-state index >= 15 is 0 Å². The van der Waals surface area contributed by atoms with E-state index < -0.39 is 5.97 Å². The van der Waals surface area contributed by atoms with E-state index in [1.54, 1.807) is 40.2 Å². The average Bonchev–Trinajstić information content (AvgIpc) is 3.06. The van der Waals surface area contributed by atoms with Crippen LogP contribution in [0.3, 0.4) is 0 Å². The molecule has 1 amide bonds. The summed E-state index contributed by atoms with van der Waals surface area (Å²) in [6, 6.07) is 6.96. The first kappa shape index (κ1) is 17.7. The van der Waals surface area contributed by atoms with Crippen molar-refractivity contribution in [2.75, 3.05) is 19.7 Å². The summed E-state index contributed by atoms with van der Waals surface area (Å²) in [5.74, 6) is -0.142. The number of ether oxygens (including phenoxy) is 1. The summed E-state index contributed by atoms with van der Waals surface area (Å²) in [6.07, 6.45) is 5.61. The van der Waals surface area contributed by atoms with Crippen LogP contribution in [0, 0.1) is 5.92 Å². The third-order valence-electron chi connectivity index (χ3n) is 4.23. The van der Waals surface area contributed by atoms with Gasteiger partial charge in [-0.05, 0) is 52.9 Å². The molecule has 0 bridgehead atoms. The number of carbonyl (C=O) groups excluding carboxylic acids is 2. The Morgan fingerprint density at radius 2 is 2.24 bits per heavy atom. The summed E-state index contributed by atoms with van der Waals surface area (Å²) in [6.45, 7) is 3.39. The molecule has 0 spiro atoms. The topological polar surface area (TPSA) is 64.4 Å². The second kappa shape index (κ2) is 7.82. The van der Waals surface area contributed by atoms with E-state index in [0.717, 1.165) is 36.1 Å². The smallest absolute Gasteiger partial charge is 0.338 e. The molecule has 1 aromatic carbocycles. The largest absolute Gasteiger partial charge is 0.452 e. The summed E-state index contributed by atoms with van der Waals surface area (Å²) < 4.78 is 7.71. The number of esters is 1. The minimum Gasteiger partial charge on any atom is -0.452 e. The predicted molar refractivity (Wildman–Crippen MR) is 96.5 cm³/mol. The van der Waals surface area contributed by atoms with Crippen molar-refractivity contribution in [2.45, 2.75) is 19.8 Å². The number of amides is 1. The first-order valence-corrected chi connectivity index (χ1v) is 9.08. The van der Waals surface area contributed by atoms with E-state index in [-0.39, 0.29) is 12.5 Å². The summed E-state index contributed by atoms with van der Waals surface area (Å²) in [7, 11) is 0. The van der Waals surface area contributed by atoms with Gasteiger partial charge in [0, 0.05) is 19.3 Å². The molecule has 1 saturated heterocycles. The van der Waals surface area contributed by atoms with Crippen LogP contribution >= 0.6 is 15.9 Å². The van der Waals surface area contributed by atoms with Gasteiger partial charge in [0.05, 0.1) is 21.9 Å². The van der Waals surface area contributed by atoms with Crippen LogP contribution in [-0.4, -0.2) is 46.3 Å². The van der Waals surface area contributed by atoms with Crippen LogP contribution in [0.2, 0.25) is 0 Å². The number of carbonyl (C=O) groups is 2. The number of rotatable bonds is 4. The molecule has 6 nitrogen and oxygen atoms in total. The van der Waals surface area contributed by atoms with Gasteiger partial charge < -0.3 is 9.64 Å². The Bertz CT molecular complexity index is 774. The van der Waals surface area contributed by atoms with Crippen LogP contribution in [-0.2, 0) is 9.53 Å². The summed E-state index contributed by atoms with van der Waals surface area (Å²) in [5.41, 5.74) is 1.14. The van der Waals surface area contributed by atoms with E-state index in [4.69, 9.17) is 4.74 Å². The molecule has 0 aliphatic carbocycles. The minimum absolute atomic E-state index is 0.132. The van der Waals surface area contributed by atoms with Crippen molar-refractivity contribution < 1.29 is 14.3 Å². The average molecular weight is 406 g/mol. The number of hydrogen-bond acceptors (Lipinski definition) is 4. The Morgan fingerprint density at radius 3 is 2.96 bits per heavy atom. The SMILES string of the molecule is CC1CCCN(C(=O)COC(=O)c2cccc(-n3cc(Br)cn3)c2)C1. The first-order chi connectivity index (χ1) is 12.0. The zero-order valence-corrected chi connectivity index (χ0v) is 15.6. The predicted octanol–water partition coefficient (Wildman–Crippen LogP) is 3.05. The molecule has 3 rings (SSSR count). The van der Waals surface area contributed by atoms with Gasteiger partial charge in [0.1, 0.15) is 0 Å². The van der Waals surface area contributed by atoms with Crippen molar-refractivity contribution in [3.63, 3.8) is 0 Å². The summed E-state index contributed by atoms with van der Waals surface area (Å²) in [4.78, 5) is 26.2.